The van der Waals surface area contributed by atoms with E-state index in [1.807, 2.05) is 18.2 Å². The van der Waals surface area contributed by atoms with Crippen LogP contribution in [-0.2, 0) is 6.54 Å². The highest BCUT2D eigenvalue weighted by atomic mass is 35.5. The summed E-state index contributed by atoms with van der Waals surface area (Å²) >= 11 is 11.9. The fourth-order valence-electron chi connectivity index (χ4n) is 1.60. The summed E-state index contributed by atoms with van der Waals surface area (Å²) in [6.07, 6.45) is 0. The Balaban J connectivity index is 2.11. The number of hydrogen-bond donors (Lipinski definition) is 1. The number of halogens is 2. The number of hydrogen-bond acceptors (Lipinski definition) is 3. The fourth-order valence-corrected chi connectivity index (χ4v) is 2.06. The molecule has 98 valence electrons. The van der Waals surface area contributed by atoms with Gasteiger partial charge in [-0.2, -0.15) is 0 Å². The minimum Gasteiger partial charge on any atom is -0.381 e. The lowest BCUT2D eigenvalue weighted by Crippen LogP contribution is -2.00. The van der Waals surface area contributed by atoms with Crippen LogP contribution in [0.5, 0.6) is 0 Å². The lowest BCUT2D eigenvalue weighted by atomic mass is 10.2. The largest absolute Gasteiger partial charge is 0.381 e. The van der Waals surface area contributed by atoms with E-state index in [9.17, 15) is 10.1 Å². The average molecular weight is 297 g/mol. The first-order valence-corrected chi connectivity index (χ1v) is 6.25. The number of nitro groups is 1. The van der Waals surface area contributed by atoms with Crippen molar-refractivity contribution in [3.63, 3.8) is 0 Å². The molecule has 0 bridgehead atoms. The minimum atomic E-state index is -0.514. The molecule has 2 rings (SSSR count). The first-order valence-electron chi connectivity index (χ1n) is 5.49. The van der Waals surface area contributed by atoms with Crippen molar-refractivity contribution in [1.82, 2.24) is 0 Å². The first kappa shape index (κ1) is 13.6. The van der Waals surface area contributed by atoms with E-state index in [2.05, 4.69) is 5.32 Å². The van der Waals surface area contributed by atoms with Crippen LogP contribution in [-0.4, -0.2) is 4.92 Å². The second kappa shape index (κ2) is 5.91. The highest BCUT2D eigenvalue weighted by Crippen LogP contribution is 2.27. The third kappa shape index (κ3) is 3.36. The van der Waals surface area contributed by atoms with Gasteiger partial charge in [-0.3, -0.25) is 10.1 Å². The van der Waals surface area contributed by atoms with Crippen LogP contribution in [0.15, 0.2) is 42.5 Å². The molecule has 1 N–H and O–H groups in total. The summed E-state index contributed by atoms with van der Waals surface area (Å²) in [5.41, 5.74) is 1.54. The van der Waals surface area contributed by atoms with Gasteiger partial charge in [-0.15, -0.1) is 0 Å². The molecule has 0 atom stereocenters. The molecule has 2 aromatic carbocycles. The van der Waals surface area contributed by atoms with Crippen LogP contribution in [0, 0.1) is 10.1 Å². The predicted octanol–water partition coefficient (Wildman–Crippen LogP) is 4.51. The summed E-state index contributed by atoms with van der Waals surface area (Å²) in [5.74, 6) is 0. The number of rotatable bonds is 4. The summed E-state index contributed by atoms with van der Waals surface area (Å²) in [6.45, 7) is 0.522. The third-order valence-electron chi connectivity index (χ3n) is 2.59. The van der Waals surface area contributed by atoms with Gasteiger partial charge in [-0.05, 0) is 23.8 Å². The van der Waals surface area contributed by atoms with Gasteiger partial charge < -0.3 is 5.32 Å². The highest BCUT2D eigenvalue weighted by Gasteiger charge is 2.11. The third-order valence-corrected chi connectivity index (χ3v) is 3.26. The number of nitrogens with zero attached hydrogens (tertiary/aromatic N) is 1. The Morgan fingerprint density at radius 2 is 1.84 bits per heavy atom. The first-order chi connectivity index (χ1) is 9.08. The van der Waals surface area contributed by atoms with E-state index in [0.29, 0.717) is 17.3 Å². The summed E-state index contributed by atoms with van der Waals surface area (Å²) in [7, 11) is 0. The molecule has 19 heavy (non-hydrogen) atoms. The molecular formula is C13H10Cl2N2O2. The fraction of sp³-hybridized carbons (Fsp3) is 0.0769. The Kier molecular flexibility index (Phi) is 4.24. The lowest BCUT2D eigenvalue weighted by molar-refractivity contribution is -0.384. The van der Waals surface area contributed by atoms with Crippen LogP contribution in [0.25, 0.3) is 0 Å². The molecule has 0 heterocycles. The normalized spacial score (nSPS) is 10.2. The minimum absolute atomic E-state index is 0.106. The molecule has 0 saturated carbocycles. The molecule has 4 nitrogen and oxygen atoms in total. The SMILES string of the molecule is O=[N+]([O-])c1ccc(NCc2ccccc2Cl)cc1Cl. The number of benzene rings is 2. The lowest BCUT2D eigenvalue weighted by Gasteiger charge is -2.08. The molecule has 0 aliphatic rings. The maximum atomic E-state index is 10.6. The zero-order chi connectivity index (χ0) is 13.8. The summed E-state index contributed by atoms with van der Waals surface area (Å²) in [4.78, 5) is 10.1. The van der Waals surface area contributed by atoms with E-state index in [4.69, 9.17) is 23.2 Å². The van der Waals surface area contributed by atoms with Crippen molar-refractivity contribution >= 4 is 34.6 Å². The van der Waals surface area contributed by atoms with Crippen molar-refractivity contribution < 1.29 is 4.92 Å². The molecule has 6 heteroatoms. The summed E-state index contributed by atoms with van der Waals surface area (Å²) in [6, 6.07) is 12.0. The Labute approximate surface area is 120 Å². The standard InChI is InChI=1S/C13H10Cl2N2O2/c14-11-4-2-1-3-9(11)8-16-10-5-6-13(17(18)19)12(15)7-10/h1-7,16H,8H2. The monoisotopic (exact) mass is 296 g/mol. The van der Waals surface area contributed by atoms with E-state index in [1.165, 1.54) is 12.1 Å². The molecule has 0 unspecified atom stereocenters. The molecular weight excluding hydrogens is 287 g/mol. The van der Waals surface area contributed by atoms with Crippen LogP contribution >= 0.6 is 23.2 Å². The zero-order valence-electron chi connectivity index (χ0n) is 9.77. The second-order valence-corrected chi connectivity index (χ2v) is 4.68. The van der Waals surface area contributed by atoms with Crippen LogP contribution in [0.3, 0.4) is 0 Å². The maximum Gasteiger partial charge on any atom is 0.288 e. The van der Waals surface area contributed by atoms with Crippen molar-refractivity contribution in [1.29, 1.82) is 0 Å². The smallest absolute Gasteiger partial charge is 0.288 e. The summed E-state index contributed by atoms with van der Waals surface area (Å²) in [5, 5.41) is 14.5. The Hall–Kier alpha value is -1.78. The molecule has 0 saturated heterocycles. The Bertz CT molecular complexity index is 617. The van der Waals surface area contributed by atoms with E-state index >= 15 is 0 Å². The molecule has 0 aliphatic heterocycles. The Morgan fingerprint density at radius 3 is 2.47 bits per heavy atom. The highest BCUT2D eigenvalue weighted by molar-refractivity contribution is 6.33. The van der Waals surface area contributed by atoms with Gasteiger partial charge in [0, 0.05) is 23.3 Å². The van der Waals surface area contributed by atoms with Crippen LogP contribution in [0.2, 0.25) is 10.0 Å². The van der Waals surface area contributed by atoms with Gasteiger partial charge >= 0.3 is 0 Å². The molecule has 2 aromatic rings. The maximum absolute atomic E-state index is 10.6. The molecule has 0 aliphatic carbocycles. The van der Waals surface area contributed by atoms with Crippen molar-refractivity contribution in [3.05, 3.63) is 68.2 Å². The van der Waals surface area contributed by atoms with E-state index in [0.717, 1.165) is 5.56 Å². The second-order valence-electron chi connectivity index (χ2n) is 3.87. The Morgan fingerprint density at radius 1 is 1.11 bits per heavy atom. The molecule has 0 amide bonds. The van der Waals surface area contributed by atoms with E-state index in [1.54, 1.807) is 12.1 Å². The molecule has 0 radical (unpaired) electrons. The molecule has 0 spiro atoms. The van der Waals surface area contributed by atoms with Gasteiger partial charge in [0.1, 0.15) is 5.02 Å². The van der Waals surface area contributed by atoms with E-state index in [-0.39, 0.29) is 10.7 Å². The molecule has 0 fully saturated rings. The van der Waals surface area contributed by atoms with Gasteiger partial charge in [0.15, 0.2) is 0 Å². The van der Waals surface area contributed by atoms with Gasteiger partial charge in [0.2, 0.25) is 0 Å². The average Bonchev–Trinajstić information content (AvgIpc) is 2.37. The number of anilines is 1. The van der Waals surface area contributed by atoms with Crippen LogP contribution in [0.1, 0.15) is 5.56 Å². The quantitative estimate of drug-likeness (QED) is 0.667. The van der Waals surface area contributed by atoms with Crippen LogP contribution < -0.4 is 5.32 Å². The van der Waals surface area contributed by atoms with Crippen molar-refractivity contribution in [2.45, 2.75) is 6.54 Å². The zero-order valence-corrected chi connectivity index (χ0v) is 11.3. The van der Waals surface area contributed by atoms with Crippen molar-refractivity contribution in [2.24, 2.45) is 0 Å². The number of nitro benzene ring substituents is 1. The van der Waals surface area contributed by atoms with Crippen molar-refractivity contribution in [2.75, 3.05) is 5.32 Å². The van der Waals surface area contributed by atoms with Gasteiger partial charge in [-0.25, -0.2) is 0 Å². The predicted molar refractivity (Wildman–Crippen MR) is 76.9 cm³/mol. The van der Waals surface area contributed by atoms with E-state index < -0.39 is 4.92 Å². The van der Waals surface area contributed by atoms with Crippen molar-refractivity contribution in [3.8, 4) is 0 Å². The summed E-state index contributed by atoms with van der Waals surface area (Å²) < 4.78 is 0. The van der Waals surface area contributed by atoms with Crippen LogP contribution in [0.4, 0.5) is 11.4 Å². The number of nitrogens with one attached hydrogen (secondary N) is 1. The van der Waals surface area contributed by atoms with Gasteiger partial charge in [0.25, 0.3) is 5.69 Å². The van der Waals surface area contributed by atoms with Gasteiger partial charge in [0.05, 0.1) is 4.92 Å². The topological polar surface area (TPSA) is 55.2 Å². The van der Waals surface area contributed by atoms with Gasteiger partial charge in [-0.1, -0.05) is 41.4 Å². The molecule has 0 aromatic heterocycles.